The molecule has 2 atom stereocenters. The van der Waals surface area contributed by atoms with Crippen molar-refractivity contribution in [2.45, 2.75) is 71.1 Å². The summed E-state index contributed by atoms with van der Waals surface area (Å²) < 4.78 is 5.23. The normalized spacial score (nSPS) is 13.5. The first kappa shape index (κ1) is 24.2. The highest BCUT2D eigenvalue weighted by atomic mass is 16.6. The van der Waals surface area contributed by atoms with E-state index in [0.717, 1.165) is 11.6 Å². The van der Waals surface area contributed by atoms with E-state index in [1.165, 1.54) is 6.08 Å². The van der Waals surface area contributed by atoms with Gasteiger partial charge < -0.3 is 20.5 Å². The molecule has 7 nitrogen and oxygen atoms in total. The number of carboxylic acid groups (broad SMARTS) is 1. The van der Waals surface area contributed by atoms with Gasteiger partial charge in [-0.25, -0.2) is 9.59 Å². The Labute approximate surface area is 172 Å². The molecule has 0 aromatic heterocycles. The van der Waals surface area contributed by atoms with Gasteiger partial charge in [-0.15, -0.1) is 0 Å². The zero-order valence-electron chi connectivity index (χ0n) is 17.6. The first-order valence-electron chi connectivity index (χ1n) is 9.85. The number of aryl methyl sites for hydroxylation is 1. The second-order valence-electron chi connectivity index (χ2n) is 7.82. The molecule has 29 heavy (non-hydrogen) atoms. The molecular weight excluding hydrogens is 372 g/mol. The average molecular weight is 405 g/mol. The van der Waals surface area contributed by atoms with Crippen molar-refractivity contribution in [1.29, 1.82) is 0 Å². The van der Waals surface area contributed by atoms with Gasteiger partial charge in [-0.2, -0.15) is 0 Å². The highest BCUT2D eigenvalue weighted by molar-refractivity contribution is 5.86. The minimum atomic E-state index is -1.08. The Bertz CT molecular complexity index is 695. The van der Waals surface area contributed by atoms with Crippen LogP contribution in [0.4, 0.5) is 4.79 Å². The van der Waals surface area contributed by atoms with Crippen LogP contribution in [-0.4, -0.2) is 40.8 Å². The van der Waals surface area contributed by atoms with Crippen LogP contribution in [0.2, 0.25) is 0 Å². The Morgan fingerprint density at radius 1 is 1.10 bits per heavy atom. The van der Waals surface area contributed by atoms with Crippen LogP contribution >= 0.6 is 0 Å². The maximum atomic E-state index is 12.7. The number of benzene rings is 1. The summed E-state index contributed by atoms with van der Waals surface area (Å²) in [7, 11) is 0. The van der Waals surface area contributed by atoms with Crippen LogP contribution < -0.4 is 10.6 Å². The fraction of sp³-hybridized carbons (Fsp3) is 0.500. The largest absolute Gasteiger partial charge is 0.478 e. The lowest BCUT2D eigenvalue weighted by Gasteiger charge is -2.24. The van der Waals surface area contributed by atoms with Crippen molar-refractivity contribution >= 4 is 18.0 Å². The van der Waals surface area contributed by atoms with Crippen molar-refractivity contribution in [1.82, 2.24) is 10.6 Å². The second kappa shape index (κ2) is 11.9. The fourth-order valence-corrected chi connectivity index (χ4v) is 2.67. The molecular formula is C22H32N2O5. The van der Waals surface area contributed by atoms with E-state index in [1.807, 2.05) is 37.3 Å². The molecule has 1 aromatic carbocycles. The molecule has 2 unspecified atom stereocenters. The van der Waals surface area contributed by atoms with Gasteiger partial charge in [0.1, 0.15) is 11.6 Å². The zero-order chi connectivity index (χ0) is 21.9. The molecule has 1 rings (SSSR count). The molecule has 1 aromatic rings. The third kappa shape index (κ3) is 10.9. The van der Waals surface area contributed by atoms with Crippen LogP contribution in [0.15, 0.2) is 42.5 Å². The zero-order valence-corrected chi connectivity index (χ0v) is 17.6. The summed E-state index contributed by atoms with van der Waals surface area (Å²) in [6.07, 6.45) is 4.16. The fourth-order valence-electron chi connectivity index (χ4n) is 2.67. The monoisotopic (exact) mass is 404 g/mol. The summed E-state index contributed by atoms with van der Waals surface area (Å²) in [5.41, 5.74) is 0.423. The molecule has 7 heteroatoms. The SMILES string of the molecule is CCCC(NC(=O)OC(C)(C)C)C(=O)NC(C=CC(=O)O)CCc1ccccc1. The summed E-state index contributed by atoms with van der Waals surface area (Å²) in [4.78, 5) is 35.7. The Kier molecular flexibility index (Phi) is 9.92. The van der Waals surface area contributed by atoms with Crippen LogP contribution in [-0.2, 0) is 20.7 Å². The molecule has 0 aliphatic carbocycles. The maximum Gasteiger partial charge on any atom is 0.408 e. The van der Waals surface area contributed by atoms with E-state index in [-0.39, 0.29) is 5.91 Å². The Morgan fingerprint density at radius 2 is 1.76 bits per heavy atom. The van der Waals surface area contributed by atoms with Gasteiger partial charge in [0, 0.05) is 12.1 Å². The molecule has 3 N–H and O–H groups in total. The lowest BCUT2D eigenvalue weighted by Crippen LogP contribution is -2.50. The van der Waals surface area contributed by atoms with E-state index in [1.54, 1.807) is 20.8 Å². The number of alkyl carbamates (subject to hydrolysis) is 1. The van der Waals surface area contributed by atoms with E-state index >= 15 is 0 Å². The van der Waals surface area contributed by atoms with Gasteiger partial charge in [0.05, 0.1) is 0 Å². The quantitative estimate of drug-likeness (QED) is 0.518. The number of carbonyl (C=O) groups excluding carboxylic acids is 2. The summed E-state index contributed by atoms with van der Waals surface area (Å²) in [6, 6.07) is 8.50. The van der Waals surface area contributed by atoms with Crippen molar-refractivity contribution in [2.24, 2.45) is 0 Å². The first-order valence-corrected chi connectivity index (χ1v) is 9.85. The average Bonchev–Trinajstić information content (AvgIpc) is 2.62. The molecule has 0 spiro atoms. The van der Waals surface area contributed by atoms with Crippen molar-refractivity contribution in [3.63, 3.8) is 0 Å². The van der Waals surface area contributed by atoms with E-state index < -0.39 is 29.7 Å². The molecule has 0 saturated carbocycles. The number of amides is 2. The van der Waals surface area contributed by atoms with Crippen molar-refractivity contribution < 1.29 is 24.2 Å². The smallest absolute Gasteiger partial charge is 0.408 e. The number of hydrogen-bond donors (Lipinski definition) is 3. The topological polar surface area (TPSA) is 105 Å². The third-order valence-electron chi connectivity index (χ3n) is 3.97. The predicted molar refractivity (Wildman–Crippen MR) is 112 cm³/mol. The number of ether oxygens (including phenoxy) is 1. The van der Waals surface area contributed by atoms with Crippen LogP contribution in [0.25, 0.3) is 0 Å². The standard InChI is InChI=1S/C22H32N2O5/c1-5-9-18(24-21(28)29-22(2,3)4)20(27)23-17(14-15-19(25)26)13-12-16-10-7-6-8-11-16/h6-8,10-11,14-15,17-18H,5,9,12-13H2,1-4H3,(H,23,27)(H,24,28)(H,25,26). The van der Waals surface area contributed by atoms with Gasteiger partial charge in [0.2, 0.25) is 5.91 Å². The first-order chi connectivity index (χ1) is 13.6. The van der Waals surface area contributed by atoms with E-state index in [0.29, 0.717) is 25.7 Å². The number of carbonyl (C=O) groups is 3. The number of hydrogen-bond acceptors (Lipinski definition) is 4. The maximum absolute atomic E-state index is 12.7. The van der Waals surface area contributed by atoms with Gasteiger partial charge in [-0.3, -0.25) is 4.79 Å². The summed E-state index contributed by atoms with van der Waals surface area (Å²) in [5, 5.41) is 14.4. The Balaban J connectivity index is 2.79. The van der Waals surface area contributed by atoms with Gasteiger partial charge in [0.25, 0.3) is 0 Å². The molecule has 0 bridgehead atoms. The van der Waals surface area contributed by atoms with Gasteiger partial charge >= 0.3 is 12.1 Å². The highest BCUT2D eigenvalue weighted by Gasteiger charge is 2.25. The number of aliphatic carboxylic acids is 1. The Hall–Kier alpha value is -2.83. The second-order valence-corrected chi connectivity index (χ2v) is 7.82. The minimum Gasteiger partial charge on any atom is -0.478 e. The number of carboxylic acids is 1. The van der Waals surface area contributed by atoms with Crippen molar-refractivity contribution in [3.05, 3.63) is 48.0 Å². The molecule has 0 fully saturated rings. The predicted octanol–water partition coefficient (Wildman–Crippen LogP) is 3.44. The van der Waals surface area contributed by atoms with E-state index in [9.17, 15) is 14.4 Å². The number of rotatable bonds is 10. The molecule has 0 radical (unpaired) electrons. The lowest BCUT2D eigenvalue weighted by atomic mass is 10.0. The van der Waals surface area contributed by atoms with E-state index in [2.05, 4.69) is 10.6 Å². The third-order valence-corrected chi connectivity index (χ3v) is 3.97. The van der Waals surface area contributed by atoms with Gasteiger partial charge in [-0.1, -0.05) is 49.8 Å². The molecule has 0 aliphatic rings. The summed E-state index contributed by atoms with van der Waals surface area (Å²) in [6.45, 7) is 7.15. The van der Waals surface area contributed by atoms with Crippen molar-refractivity contribution in [3.8, 4) is 0 Å². The van der Waals surface area contributed by atoms with Crippen LogP contribution in [0.3, 0.4) is 0 Å². The molecule has 0 saturated heterocycles. The van der Waals surface area contributed by atoms with Crippen LogP contribution in [0.5, 0.6) is 0 Å². The van der Waals surface area contributed by atoms with Gasteiger partial charge in [0.15, 0.2) is 0 Å². The molecule has 2 amide bonds. The number of nitrogens with one attached hydrogen (secondary N) is 2. The summed E-state index contributed by atoms with van der Waals surface area (Å²) in [5.74, 6) is -1.45. The lowest BCUT2D eigenvalue weighted by molar-refractivity contribution is -0.131. The molecule has 0 aliphatic heterocycles. The highest BCUT2D eigenvalue weighted by Crippen LogP contribution is 2.09. The van der Waals surface area contributed by atoms with E-state index in [4.69, 9.17) is 9.84 Å². The summed E-state index contributed by atoms with van der Waals surface area (Å²) >= 11 is 0. The van der Waals surface area contributed by atoms with Crippen LogP contribution in [0, 0.1) is 0 Å². The van der Waals surface area contributed by atoms with Crippen molar-refractivity contribution in [2.75, 3.05) is 0 Å². The molecule has 160 valence electrons. The minimum absolute atomic E-state index is 0.370. The van der Waals surface area contributed by atoms with Crippen LogP contribution in [0.1, 0.15) is 52.5 Å². The Morgan fingerprint density at radius 3 is 2.31 bits per heavy atom. The molecule has 0 heterocycles. The van der Waals surface area contributed by atoms with Gasteiger partial charge in [-0.05, 0) is 45.6 Å².